The van der Waals surface area contributed by atoms with Gasteiger partial charge in [0.1, 0.15) is 0 Å². The molecule has 0 bridgehead atoms. The average molecular weight is 162 g/mol. The lowest BCUT2D eigenvalue weighted by Gasteiger charge is -1.91. The molecule has 0 aromatic carbocycles. The number of rotatable bonds is 0. The highest BCUT2D eigenvalue weighted by Gasteiger charge is 1.95. The van der Waals surface area contributed by atoms with Gasteiger partial charge in [-0.05, 0) is 12.8 Å². The minimum Gasteiger partial charge on any atom is -0.450 e. The van der Waals surface area contributed by atoms with Crippen molar-refractivity contribution in [2.75, 3.05) is 13.2 Å². The Balaban J connectivity index is 0.000000218. The molecule has 1 saturated heterocycles. The van der Waals surface area contributed by atoms with Crippen molar-refractivity contribution >= 4 is 6.16 Å². The summed E-state index contributed by atoms with van der Waals surface area (Å²) in [6.07, 6.45) is 3.47. The molecule has 1 aliphatic heterocycles. The third kappa shape index (κ3) is 12.4. The first kappa shape index (κ1) is 10.2. The van der Waals surface area contributed by atoms with E-state index in [-0.39, 0.29) is 0 Å². The van der Waals surface area contributed by atoms with Gasteiger partial charge in [0, 0.05) is 13.2 Å². The Kier molecular flexibility index (Phi) is 6.82. The summed E-state index contributed by atoms with van der Waals surface area (Å²) in [5, 5.41) is 13.9. The Morgan fingerprint density at radius 3 is 1.73 bits per heavy atom. The second-order valence-electron chi connectivity index (χ2n) is 2.31. The Hall–Kier alpha value is -0.770. The zero-order chi connectivity index (χ0) is 8.53. The first-order valence-electron chi connectivity index (χ1n) is 3.73. The first-order chi connectivity index (χ1) is 5.23. The van der Waals surface area contributed by atoms with Crippen LogP contribution in [0.3, 0.4) is 0 Å². The quantitative estimate of drug-likeness (QED) is 0.570. The maximum atomic E-state index is 8.56. The summed E-state index contributed by atoms with van der Waals surface area (Å²) < 4.78 is 5.19. The van der Waals surface area contributed by atoms with Crippen molar-refractivity contribution in [3.63, 3.8) is 0 Å². The third-order valence-electron chi connectivity index (χ3n) is 1.33. The van der Waals surface area contributed by atoms with E-state index in [9.17, 15) is 0 Å². The van der Waals surface area contributed by atoms with E-state index in [2.05, 4.69) is 0 Å². The van der Waals surface area contributed by atoms with E-state index in [0.29, 0.717) is 0 Å². The molecule has 2 N–H and O–H groups in total. The molecule has 1 rings (SSSR count). The predicted octanol–water partition coefficient (Wildman–Crippen LogP) is 1.80. The van der Waals surface area contributed by atoms with Gasteiger partial charge in [0.05, 0.1) is 0 Å². The van der Waals surface area contributed by atoms with Crippen molar-refractivity contribution < 1.29 is 19.7 Å². The van der Waals surface area contributed by atoms with Crippen LogP contribution in [-0.4, -0.2) is 29.6 Å². The van der Waals surface area contributed by atoms with Crippen molar-refractivity contribution in [2.24, 2.45) is 0 Å². The Morgan fingerprint density at radius 1 is 1.00 bits per heavy atom. The van der Waals surface area contributed by atoms with Crippen LogP contribution in [0.15, 0.2) is 0 Å². The summed E-state index contributed by atoms with van der Waals surface area (Å²) in [6, 6.07) is 0. The van der Waals surface area contributed by atoms with Crippen molar-refractivity contribution in [1.29, 1.82) is 0 Å². The molecule has 1 heterocycles. The van der Waals surface area contributed by atoms with Crippen LogP contribution in [0.1, 0.15) is 25.7 Å². The van der Waals surface area contributed by atoms with E-state index in [1.54, 1.807) is 0 Å². The van der Waals surface area contributed by atoms with Crippen LogP contribution in [0.5, 0.6) is 0 Å². The van der Waals surface area contributed by atoms with Crippen molar-refractivity contribution in [3.8, 4) is 0 Å². The molecule has 0 aliphatic carbocycles. The molecule has 0 radical (unpaired) electrons. The molecule has 1 aliphatic rings. The molecular weight excluding hydrogens is 148 g/mol. The molecule has 0 unspecified atom stereocenters. The number of ether oxygens (including phenoxy) is 1. The molecular formula is C7H14O4. The zero-order valence-corrected chi connectivity index (χ0v) is 6.45. The molecule has 1 fully saturated rings. The molecule has 4 nitrogen and oxygen atoms in total. The number of hydrogen-bond donors (Lipinski definition) is 2. The fourth-order valence-corrected chi connectivity index (χ4v) is 0.864. The van der Waals surface area contributed by atoms with Crippen LogP contribution < -0.4 is 0 Å². The van der Waals surface area contributed by atoms with Gasteiger partial charge >= 0.3 is 6.16 Å². The van der Waals surface area contributed by atoms with Crippen LogP contribution >= 0.6 is 0 Å². The van der Waals surface area contributed by atoms with Gasteiger partial charge in [-0.15, -0.1) is 0 Å². The molecule has 11 heavy (non-hydrogen) atoms. The largest absolute Gasteiger partial charge is 0.503 e. The lowest BCUT2D eigenvalue weighted by molar-refractivity contribution is 0.137. The maximum absolute atomic E-state index is 8.56. The van der Waals surface area contributed by atoms with E-state index in [4.69, 9.17) is 19.7 Å². The van der Waals surface area contributed by atoms with Crippen molar-refractivity contribution in [2.45, 2.75) is 25.7 Å². The number of hydrogen-bond acceptors (Lipinski definition) is 2. The van der Waals surface area contributed by atoms with Crippen LogP contribution in [0.2, 0.25) is 0 Å². The summed E-state index contributed by atoms with van der Waals surface area (Å²) >= 11 is 0. The normalized spacial score (nSPS) is 17.5. The van der Waals surface area contributed by atoms with Crippen molar-refractivity contribution in [3.05, 3.63) is 0 Å². The average Bonchev–Trinajstić information content (AvgIpc) is 2.13. The monoisotopic (exact) mass is 162 g/mol. The third-order valence-corrected chi connectivity index (χ3v) is 1.33. The summed E-state index contributed by atoms with van der Waals surface area (Å²) in [5.74, 6) is 0. The molecule has 0 aromatic rings. The highest BCUT2D eigenvalue weighted by atomic mass is 16.6. The summed E-state index contributed by atoms with van der Waals surface area (Å²) in [7, 11) is 0. The van der Waals surface area contributed by atoms with Gasteiger partial charge in [-0.2, -0.15) is 0 Å². The lowest BCUT2D eigenvalue weighted by atomic mass is 10.2. The summed E-state index contributed by atoms with van der Waals surface area (Å²) in [6.45, 7) is 2.00. The topological polar surface area (TPSA) is 66.8 Å². The van der Waals surface area contributed by atoms with Gasteiger partial charge in [0.15, 0.2) is 0 Å². The highest BCUT2D eigenvalue weighted by Crippen LogP contribution is 2.04. The fraction of sp³-hybridized carbons (Fsp3) is 0.857. The summed E-state index contributed by atoms with van der Waals surface area (Å²) in [4.78, 5) is 8.56. The molecule has 66 valence electrons. The molecule has 0 amide bonds. The van der Waals surface area contributed by atoms with Gasteiger partial charge in [0.2, 0.25) is 0 Å². The van der Waals surface area contributed by atoms with E-state index in [0.717, 1.165) is 13.2 Å². The van der Waals surface area contributed by atoms with Crippen LogP contribution in [0, 0.1) is 0 Å². The van der Waals surface area contributed by atoms with E-state index in [1.807, 2.05) is 0 Å². The Bertz CT molecular complexity index is 79.0. The van der Waals surface area contributed by atoms with E-state index in [1.165, 1.54) is 25.7 Å². The minimum atomic E-state index is -1.83. The highest BCUT2D eigenvalue weighted by molar-refractivity contribution is 5.53. The second kappa shape index (κ2) is 7.34. The first-order valence-corrected chi connectivity index (χ1v) is 3.73. The SMILES string of the molecule is C1CCCOCC1.O=C(O)O. The number of carboxylic acid groups (broad SMARTS) is 2. The van der Waals surface area contributed by atoms with Gasteiger partial charge in [0.25, 0.3) is 0 Å². The zero-order valence-electron chi connectivity index (χ0n) is 6.45. The fourth-order valence-electron chi connectivity index (χ4n) is 0.864. The van der Waals surface area contributed by atoms with Gasteiger partial charge < -0.3 is 14.9 Å². The summed E-state index contributed by atoms with van der Waals surface area (Å²) in [5.41, 5.74) is 0. The molecule has 0 saturated carbocycles. The van der Waals surface area contributed by atoms with Crippen LogP contribution in [0.4, 0.5) is 4.79 Å². The van der Waals surface area contributed by atoms with Gasteiger partial charge in [-0.25, -0.2) is 4.79 Å². The van der Waals surface area contributed by atoms with Crippen LogP contribution in [0.25, 0.3) is 0 Å². The maximum Gasteiger partial charge on any atom is 0.503 e. The Morgan fingerprint density at radius 2 is 1.36 bits per heavy atom. The molecule has 0 atom stereocenters. The van der Waals surface area contributed by atoms with Crippen molar-refractivity contribution in [1.82, 2.24) is 0 Å². The van der Waals surface area contributed by atoms with Gasteiger partial charge in [-0.3, -0.25) is 0 Å². The standard InChI is InChI=1S/C6H12O.CH2O3/c1-2-4-6-7-5-3-1;2-1(3)4/h1-6H2;(H2,2,3,4). The smallest absolute Gasteiger partial charge is 0.450 e. The molecule has 0 aromatic heterocycles. The van der Waals surface area contributed by atoms with E-state index >= 15 is 0 Å². The van der Waals surface area contributed by atoms with E-state index < -0.39 is 6.16 Å². The lowest BCUT2D eigenvalue weighted by Crippen LogP contribution is -1.89. The number of carbonyl (C=O) groups is 1. The Labute approximate surface area is 65.8 Å². The second-order valence-corrected chi connectivity index (χ2v) is 2.31. The molecule has 0 spiro atoms. The van der Waals surface area contributed by atoms with Gasteiger partial charge in [-0.1, -0.05) is 12.8 Å². The van der Waals surface area contributed by atoms with Crippen LogP contribution in [-0.2, 0) is 4.74 Å². The predicted molar refractivity (Wildman–Crippen MR) is 39.9 cm³/mol. The minimum absolute atomic E-state index is 1.00. The molecule has 4 heteroatoms.